The third-order valence-corrected chi connectivity index (χ3v) is 6.63. The van der Waals surface area contributed by atoms with Crippen molar-refractivity contribution in [2.45, 2.75) is 5.92 Å². The Kier molecular flexibility index (Phi) is 6.91. The summed E-state index contributed by atoms with van der Waals surface area (Å²) in [6.07, 6.45) is 0. The Balaban J connectivity index is 1.56. The van der Waals surface area contributed by atoms with Crippen LogP contribution in [0.5, 0.6) is 5.75 Å². The molecule has 0 N–H and O–H groups in total. The molecule has 0 aromatic heterocycles. The third kappa shape index (κ3) is 5.02. The Morgan fingerprint density at radius 1 is 0.969 bits per heavy atom. The van der Waals surface area contributed by atoms with Crippen LogP contribution >= 0.6 is 34.8 Å². The normalized spacial score (nSPS) is 17.8. The number of amides is 1. The maximum atomic E-state index is 13.1. The number of benzene rings is 3. The van der Waals surface area contributed by atoms with Gasteiger partial charge in [-0.05, 0) is 66.2 Å². The van der Waals surface area contributed by atoms with Gasteiger partial charge in [0.25, 0.3) is 5.91 Å². The summed E-state index contributed by atoms with van der Waals surface area (Å²) in [6, 6.07) is 21.6. The van der Waals surface area contributed by atoms with Crippen LogP contribution in [0.3, 0.4) is 0 Å². The zero-order valence-corrected chi connectivity index (χ0v) is 19.2. The third-order valence-electron chi connectivity index (χ3n) is 5.64. The summed E-state index contributed by atoms with van der Waals surface area (Å²) in [5.41, 5.74) is 2.08. The highest BCUT2D eigenvalue weighted by molar-refractivity contribution is 6.42. The van der Waals surface area contributed by atoms with Crippen molar-refractivity contribution < 1.29 is 9.53 Å². The minimum absolute atomic E-state index is 0.0411. The van der Waals surface area contributed by atoms with Crippen LogP contribution in [0, 0.1) is 17.2 Å². The lowest BCUT2D eigenvalue weighted by atomic mass is 9.89. The second kappa shape index (κ2) is 9.83. The number of nitrogens with zero attached hydrogens (tertiary/aromatic N) is 2. The van der Waals surface area contributed by atoms with Crippen LogP contribution < -0.4 is 4.74 Å². The first kappa shape index (κ1) is 22.5. The lowest BCUT2D eigenvalue weighted by molar-refractivity contribution is 0.0782. The van der Waals surface area contributed by atoms with E-state index in [9.17, 15) is 4.79 Å². The zero-order valence-electron chi connectivity index (χ0n) is 17.0. The van der Waals surface area contributed by atoms with E-state index in [4.69, 9.17) is 44.8 Å². The standard InChI is InChI=1S/C25H19Cl3N2O2/c26-20-6-8-21(9-7-20)32-15-19-13-30(25(31)17-3-1-16(12-29)2-4-17)14-22(19)18-5-10-23(27)24(28)11-18/h1-11,19,22H,13-15H2/t19-,22-/m0/s1. The molecule has 162 valence electrons. The summed E-state index contributed by atoms with van der Waals surface area (Å²) in [4.78, 5) is 15.0. The van der Waals surface area contributed by atoms with Gasteiger partial charge in [0, 0.05) is 35.5 Å². The van der Waals surface area contributed by atoms with E-state index < -0.39 is 0 Å². The van der Waals surface area contributed by atoms with Crippen LogP contribution in [0.25, 0.3) is 0 Å². The minimum Gasteiger partial charge on any atom is -0.493 e. The SMILES string of the molecule is N#Cc1ccc(C(=O)N2C[C@@H](COc3ccc(Cl)cc3)[C@H](c3ccc(Cl)c(Cl)c3)C2)cc1. The second-order valence-electron chi connectivity index (χ2n) is 7.70. The van der Waals surface area contributed by atoms with Crippen molar-refractivity contribution in [2.24, 2.45) is 5.92 Å². The van der Waals surface area contributed by atoms with E-state index in [0.717, 1.165) is 11.3 Å². The van der Waals surface area contributed by atoms with E-state index in [1.54, 1.807) is 42.5 Å². The number of halogens is 3. The van der Waals surface area contributed by atoms with Crippen LogP contribution in [-0.4, -0.2) is 30.5 Å². The zero-order chi connectivity index (χ0) is 22.7. The first-order chi connectivity index (χ1) is 15.4. The van der Waals surface area contributed by atoms with Gasteiger partial charge in [-0.15, -0.1) is 0 Å². The molecule has 1 fully saturated rings. The molecule has 0 aliphatic carbocycles. The Morgan fingerprint density at radius 3 is 2.34 bits per heavy atom. The van der Waals surface area contributed by atoms with Gasteiger partial charge in [0.1, 0.15) is 5.75 Å². The molecule has 32 heavy (non-hydrogen) atoms. The molecule has 0 bridgehead atoms. The van der Waals surface area contributed by atoms with Crippen molar-refractivity contribution in [2.75, 3.05) is 19.7 Å². The summed E-state index contributed by atoms with van der Waals surface area (Å²) in [7, 11) is 0. The van der Waals surface area contributed by atoms with E-state index in [1.807, 2.05) is 29.2 Å². The van der Waals surface area contributed by atoms with Crippen molar-refractivity contribution >= 4 is 40.7 Å². The van der Waals surface area contributed by atoms with Crippen LogP contribution in [-0.2, 0) is 0 Å². The number of hydrogen-bond donors (Lipinski definition) is 0. The number of ether oxygens (including phenoxy) is 1. The van der Waals surface area contributed by atoms with Gasteiger partial charge in [0.2, 0.25) is 0 Å². The van der Waals surface area contributed by atoms with Gasteiger partial charge >= 0.3 is 0 Å². The van der Waals surface area contributed by atoms with E-state index in [0.29, 0.717) is 45.9 Å². The Bertz CT molecular complexity index is 1160. The molecular formula is C25H19Cl3N2O2. The van der Waals surface area contributed by atoms with Gasteiger partial charge in [-0.1, -0.05) is 40.9 Å². The summed E-state index contributed by atoms with van der Waals surface area (Å²) in [6.45, 7) is 1.51. The monoisotopic (exact) mass is 484 g/mol. The molecule has 2 atom stereocenters. The second-order valence-corrected chi connectivity index (χ2v) is 8.96. The van der Waals surface area contributed by atoms with E-state index >= 15 is 0 Å². The van der Waals surface area contributed by atoms with Crippen LogP contribution in [0.4, 0.5) is 0 Å². The van der Waals surface area contributed by atoms with Crippen LogP contribution in [0.2, 0.25) is 15.1 Å². The maximum absolute atomic E-state index is 13.1. The highest BCUT2D eigenvalue weighted by Crippen LogP contribution is 2.36. The molecule has 4 nitrogen and oxygen atoms in total. The predicted molar refractivity (Wildman–Crippen MR) is 127 cm³/mol. The van der Waals surface area contributed by atoms with Gasteiger partial charge in [-0.25, -0.2) is 0 Å². The van der Waals surface area contributed by atoms with Gasteiger partial charge in [-0.3, -0.25) is 4.79 Å². The molecule has 1 heterocycles. The minimum atomic E-state index is -0.0754. The molecule has 1 saturated heterocycles. The Labute approximate surface area is 201 Å². The van der Waals surface area contributed by atoms with E-state index in [-0.39, 0.29) is 17.7 Å². The molecule has 4 rings (SSSR count). The van der Waals surface area contributed by atoms with E-state index in [1.165, 1.54) is 0 Å². The molecule has 3 aromatic carbocycles. The number of likely N-dealkylation sites (tertiary alicyclic amines) is 1. The Morgan fingerprint density at radius 2 is 1.69 bits per heavy atom. The molecule has 3 aromatic rings. The highest BCUT2D eigenvalue weighted by Gasteiger charge is 2.37. The van der Waals surface area contributed by atoms with Crippen molar-refractivity contribution in [3.63, 3.8) is 0 Å². The highest BCUT2D eigenvalue weighted by atomic mass is 35.5. The van der Waals surface area contributed by atoms with Gasteiger partial charge in [0.15, 0.2) is 0 Å². The smallest absolute Gasteiger partial charge is 0.253 e. The lowest BCUT2D eigenvalue weighted by Crippen LogP contribution is -2.29. The van der Waals surface area contributed by atoms with Crippen molar-refractivity contribution in [1.29, 1.82) is 5.26 Å². The van der Waals surface area contributed by atoms with Crippen molar-refractivity contribution in [1.82, 2.24) is 4.90 Å². The number of hydrogen-bond acceptors (Lipinski definition) is 3. The average molecular weight is 486 g/mol. The largest absolute Gasteiger partial charge is 0.493 e. The first-order valence-electron chi connectivity index (χ1n) is 10.1. The summed E-state index contributed by atoms with van der Waals surface area (Å²) in [5.74, 6) is 0.748. The molecule has 0 unspecified atom stereocenters. The number of nitriles is 1. The van der Waals surface area contributed by atoms with Crippen LogP contribution in [0.15, 0.2) is 66.7 Å². The fourth-order valence-electron chi connectivity index (χ4n) is 3.93. The molecule has 0 radical (unpaired) electrons. The summed E-state index contributed by atoms with van der Waals surface area (Å²) in [5, 5.41) is 10.6. The molecule has 1 amide bonds. The van der Waals surface area contributed by atoms with E-state index in [2.05, 4.69) is 6.07 Å². The number of rotatable bonds is 5. The molecular weight excluding hydrogens is 467 g/mol. The first-order valence-corrected chi connectivity index (χ1v) is 11.2. The molecule has 0 saturated carbocycles. The maximum Gasteiger partial charge on any atom is 0.253 e. The van der Waals surface area contributed by atoms with Crippen molar-refractivity contribution in [3.05, 3.63) is 98.5 Å². The summed E-state index contributed by atoms with van der Waals surface area (Å²) < 4.78 is 6.02. The van der Waals surface area contributed by atoms with Gasteiger partial charge in [-0.2, -0.15) is 5.26 Å². The average Bonchev–Trinajstić information content (AvgIpc) is 3.24. The fraction of sp³-hybridized carbons (Fsp3) is 0.200. The molecule has 7 heteroatoms. The number of carbonyl (C=O) groups excluding carboxylic acids is 1. The summed E-state index contributed by atoms with van der Waals surface area (Å²) >= 11 is 18.3. The van der Waals surface area contributed by atoms with Gasteiger partial charge < -0.3 is 9.64 Å². The predicted octanol–water partition coefficient (Wildman–Crippen LogP) is 6.45. The lowest BCUT2D eigenvalue weighted by Gasteiger charge is -2.19. The number of carbonyl (C=O) groups is 1. The molecule has 0 spiro atoms. The Hall–Kier alpha value is -2.71. The topological polar surface area (TPSA) is 53.3 Å². The molecule has 1 aliphatic rings. The quantitative estimate of drug-likeness (QED) is 0.417. The van der Waals surface area contributed by atoms with Gasteiger partial charge in [0.05, 0.1) is 28.3 Å². The molecule has 1 aliphatic heterocycles. The van der Waals surface area contributed by atoms with Crippen LogP contribution in [0.1, 0.15) is 27.4 Å². The van der Waals surface area contributed by atoms with Crippen molar-refractivity contribution in [3.8, 4) is 11.8 Å². The fourth-order valence-corrected chi connectivity index (χ4v) is 4.36.